The minimum Gasteiger partial charge on any atom is -0.452 e. The number of nitrogens with two attached hydrogens (primary N) is 1. The number of rotatable bonds is 5. The lowest BCUT2D eigenvalue weighted by Gasteiger charge is -2.10. The van der Waals surface area contributed by atoms with Crippen LogP contribution in [-0.2, 0) is 9.53 Å². The van der Waals surface area contributed by atoms with Crippen molar-refractivity contribution < 1.29 is 19.2 Å². The molecule has 2 rings (SSSR count). The van der Waals surface area contributed by atoms with E-state index in [1.165, 1.54) is 18.2 Å². The first kappa shape index (κ1) is 18.5. The van der Waals surface area contributed by atoms with E-state index in [1.807, 2.05) is 0 Å². The van der Waals surface area contributed by atoms with Crippen LogP contribution in [0.4, 0.5) is 17.1 Å². The van der Waals surface area contributed by atoms with Crippen molar-refractivity contribution in [3.63, 3.8) is 0 Å². The van der Waals surface area contributed by atoms with E-state index in [1.54, 1.807) is 6.07 Å². The molecule has 0 aliphatic carbocycles. The minimum absolute atomic E-state index is 0.00911. The topological polar surface area (TPSA) is 125 Å². The number of esters is 1. The molecule has 0 aromatic heterocycles. The van der Waals surface area contributed by atoms with E-state index >= 15 is 0 Å². The largest absolute Gasteiger partial charge is 0.452 e. The number of halogens is 2. The summed E-state index contributed by atoms with van der Waals surface area (Å²) in [6.07, 6.45) is 0. The van der Waals surface area contributed by atoms with Crippen LogP contribution >= 0.6 is 23.2 Å². The number of para-hydroxylation sites is 1. The molecule has 0 radical (unpaired) electrons. The number of nitrogens with zero attached hydrogens (tertiary/aromatic N) is 1. The zero-order valence-corrected chi connectivity index (χ0v) is 14.0. The van der Waals surface area contributed by atoms with Gasteiger partial charge in [-0.05, 0) is 18.2 Å². The molecular formula is C15H11Cl2N3O5. The molecule has 2 aromatic carbocycles. The SMILES string of the molecule is Nc1ccc([N+](=O)[O-])cc1C(=O)OCC(=O)Nc1c(Cl)cccc1Cl. The molecule has 0 fully saturated rings. The fourth-order valence-corrected chi connectivity index (χ4v) is 2.33. The second-order valence-electron chi connectivity index (χ2n) is 4.75. The van der Waals surface area contributed by atoms with Crippen LogP contribution in [0.5, 0.6) is 0 Å². The zero-order valence-electron chi connectivity index (χ0n) is 12.5. The lowest BCUT2D eigenvalue weighted by molar-refractivity contribution is -0.384. The van der Waals surface area contributed by atoms with Crippen LogP contribution in [0.15, 0.2) is 36.4 Å². The van der Waals surface area contributed by atoms with Gasteiger partial charge < -0.3 is 15.8 Å². The molecule has 2 aromatic rings. The van der Waals surface area contributed by atoms with Crippen LogP contribution < -0.4 is 11.1 Å². The van der Waals surface area contributed by atoms with Crippen LogP contribution in [0.3, 0.4) is 0 Å². The number of carbonyl (C=O) groups excluding carboxylic acids is 2. The maximum atomic E-state index is 12.0. The Kier molecular flexibility index (Phi) is 5.79. The lowest BCUT2D eigenvalue weighted by Crippen LogP contribution is -2.21. The summed E-state index contributed by atoms with van der Waals surface area (Å²) < 4.78 is 4.82. The van der Waals surface area contributed by atoms with Crippen LogP contribution in [0.1, 0.15) is 10.4 Å². The van der Waals surface area contributed by atoms with Crippen LogP contribution in [-0.4, -0.2) is 23.4 Å². The molecule has 3 N–H and O–H groups in total. The Hall–Kier alpha value is -2.84. The number of non-ortho nitro benzene ring substituents is 1. The number of anilines is 2. The van der Waals surface area contributed by atoms with Gasteiger partial charge in [0.2, 0.25) is 0 Å². The van der Waals surface area contributed by atoms with Crippen molar-refractivity contribution in [2.45, 2.75) is 0 Å². The van der Waals surface area contributed by atoms with Crippen LogP contribution in [0.2, 0.25) is 10.0 Å². The highest BCUT2D eigenvalue weighted by Crippen LogP contribution is 2.29. The second-order valence-corrected chi connectivity index (χ2v) is 5.56. The van der Waals surface area contributed by atoms with Crippen molar-refractivity contribution in [2.75, 3.05) is 17.7 Å². The minimum atomic E-state index is -0.971. The normalized spacial score (nSPS) is 10.2. The quantitative estimate of drug-likeness (QED) is 0.353. The Labute approximate surface area is 151 Å². The van der Waals surface area contributed by atoms with Gasteiger partial charge in [0, 0.05) is 17.8 Å². The summed E-state index contributed by atoms with van der Waals surface area (Å²) in [6, 6.07) is 7.99. The average Bonchev–Trinajstić information content (AvgIpc) is 2.56. The van der Waals surface area contributed by atoms with Crippen LogP contribution in [0.25, 0.3) is 0 Å². The average molecular weight is 384 g/mol. The third-order valence-corrected chi connectivity index (χ3v) is 3.66. The number of ether oxygens (including phenoxy) is 1. The third kappa shape index (κ3) is 4.59. The van der Waals surface area contributed by atoms with Crippen LogP contribution in [0, 0.1) is 10.1 Å². The predicted octanol–water partition coefficient (Wildman–Crippen LogP) is 3.28. The number of hydrogen-bond donors (Lipinski definition) is 2. The van der Waals surface area contributed by atoms with Crippen molar-refractivity contribution in [2.24, 2.45) is 0 Å². The van der Waals surface area contributed by atoms with Gasteiger partial charge in [-0.2, -0.15) is 0 Å². The number of nitrogen functional groups attached to an aromatic ring is 1. The molecule has 0 spiro atoms. The van der Waals surface area contributed by atoms with Gasteiger partial charge in [0.05, 0.1) is 26.2 Å². The molecule has 1 amide bonds. The molecular weight excluding hydrogens is 373 g/mol. The second kappa shape index (κ2) is 7.82. The first-order valence-corrected chi connectivity index (χ1v) is 7.50. The molecule has 0 aliphatic heterocycles. The number of benzene rings is 2. The van der Waals surface area contributed by atoms with E-state index in [4.69, 9.17) is 33.7 Å². The van der Waals surface area contributed by atoms with E-state index < -0.39 is 23.4 Å². The fourth-order valence-electron chi connectivity index (χ4n) is 1.84. The Morgan fingerprint density at radius 2 is 1.84 bits per heavy atom. The molecule has 0 unspecified atom stereocenters. The molecule has 130 valence electrons. The third-order valence-electron chi connectivity index (χ3n) is 3.03. The van der Waals surface area contributed by atoms with E-state index in [9.17, 15) is 19.7 Å². The lowest BCUT2D eigenvalue weighted by atomic mass is 10.1. The summed E-state index contributed by atoms with van der Waals surface area (Å²) >= 11 is 11.8. The Morgan fingerprint density at radius 1 is 1.20 bits per heavy atom. The molecule has 0 atom stereocenters. The van der Waals surface area contributed by atoms with Gasteiger partial charge in [0.1, 0.15) is 0 Å². The monoisotopic (exact) mass is 383 g/mol. The standard InChI is InChI=1S/C15H11Cl2N3O5/c16-10-2-1-3-11(17)14(10)19-13(21)7-25-15(22)9-6-8(20(23)24)4-5-12(9)18/h1-6H,7,18H2,(H,19,21). The highest BCUT2D eigenvalue weighted by atomic mass is 35.5. The smallest absolute Gasteiger partial charge is 0.341 e. The number of amides is 1. The van der Waals surface area contributed by atoms with Gasteiger partial charge >= 0.3 is 5.97 Å². The molecule has 25 heavy (non-hydrogen) atoms. The Balaban J connectivity index is 2.04. The van der Waals surface area contributed by atoms with E-state index in [2.05, 4.69) is 5.32 Å². The van der Waals surface area contributed by atoms with Crippen molar-refractivity contribution in [1.29, 1.82) is 0 Å². The summed E-state index contributed by atoms with van der Waals surface area (Å²) in [7, 11) is 0. The molecule has 8 nitrogen and oxygen atoms in total. The Bertz CT molecular complexity index is 837. The van der Waals surface area contributed by atoms with E-state index in [0.29, 0.717) is 0 Å². The van der Waals surface area contributed by atoms with Crippen molar-refractivity contribution >= 4 is 52.1 Å². The maximum Gasteiger partial charge on any atom is 0.341 e. The first-order valence-electron chi connectivity index (χ1n) is 6.74. The van der Waals surface area contributed by atoms with E-state index in [-0.39, 0.29) is 32.7 Å². The van der Waals surface area contributed by atoms with Crippen molar-refractivity contribution in [3.8, 4) is 0 Å². The van der Waals surface area contributed by atoms with Gasteiger partial charge in [-0.3, -0.25) is 14.9 Å². The highest BCUT2D eigenvalue weighted by molar-refractivity contribution is 6.39. The van der Waals surface area contributed by atoms with E-state index in [0.717, 1.165) is 12.1 Å². The zero-order chi connectivity index (χ0) is 18.6. The molecule has 0 aliphatic rings. The Morgan fingerprint density at radius 3 is 2.44 bits per heavy atom. The molecule has 0 saturated carbocycles. The number of nitrogens with one attached hydrogen (secondary N) is 1. The number of nitro groups is 1. The summed E-state index contributed by atoms with van der Waals surface area (Å²) in [5.74, 6) is -1.66. The fraction of sp³-hybridized carbons (Fsp3) is 0.0667. The van der Waals surface area contributed by atoms with Gasteiger partial charge in [-0.25, -0.2) is 4.79 Å². The van der Waals surface area contributed by atoms with Gasteiger partial charge in [-0.15, -0.1) is 0 Å². The first-order chi connectivity index (χ1) is 11.8. The predicted molar refractivity (Wildman–Crippen MR) is 92.9 cm³/mol. The van der Waals surface area contributed by atoms with Gasteiger partial charge in [0.25, 0.3) is 11.6 Å². The summed E-state index contributed by atoms with van der Waals surface area (Å²) in [4.78, 5) is 33.9. The molecule has 10 heteroatoms. The molecule has 0 saturated heterocycles. The molecule has 0 heterocycles. The number of hydrogen-bond acceptors (Lipinski definition) is 6. The number of nitro benzene ring substituents is 1. The summed E-state index contributed by atoms with van der Waals surface area (Å²) in [5, 5.41) is 13.6. The van der Waals surface area contributed by atoms with Crippen molar-refractivity contribution in [3.05, 3.63) is 62.1 Å². The molecule has 0 bridgehead atoms. The van der Waals surface area contributed by atoms with Gasteiger partial charge in [-0.1, -0.05) is 29.3 Å². The maximum absolute atomic E-state index is 12.0. The highest BCUT2D eigenvalue weighted by Gasteiger charge is 2.18. The van der Waals surface area contributed by atoms with Crippen molar-refractivity contribution in [1.82, 2.24) is 0 Å². The van der Waals surface area contributed by atoms with Gasteiger partial charge in [0.15, 0.2) is 6.61 Å². The summed E-state index contributed by atoms with van der Waals surface area (Å²) in [6.45, 7) is -0.650. The summed E-state index contributed by atoms with van der Waals surface area (Å²) in [5.41, 5.74) is 5.24. The number of carbonyl (C=O) groups is 2.